The molecule has 0 saturated heterocycles. The highest BCUT2D eigenvalue weighted by Gasteiger charge is 2.31. The zero-order valence-electron chi connectivity index (χ0n) is 20.8. The van der Waals surface area contributed by atoms with Crippen molar-refractivity contribution < 1.29 is 14.3 Å². The predicted molar refractivity (Wildman–Crippen MR) is 134 cm³/mol. The molecule has 7 nitrogen and oxygen atoms in total. The van der Waals surface area contributed by atoms with E-state index in [1.54, 1.807) is 7.11 Å². The summed E-state index contributed by atoms with van der Waals surface area (Å²) in [7, 11) is 3.57. The van der Waals surface area contributed by atoms with Crippen molar-refractivity contribution in [3.8, 4) is 0 Å². The van der Waals surface area contributed by atoms with Gasteiger partial charge in [0.25, 0.3) is 0 Å². The zero-order valence-corrected chi connectivity index (χ0v) is 21.6. The molecule has 1 aromatic heterocycles. The van der Waals surface area contributed by atoms with E-state index in [1.807, 2.05) is 39.1 Å². The average Bonchev–Trinajstić information content (AvgIpc) is 3.57. The van der Waals surface area contributed by atoms with Crippen molar-refractivity contribution in [1.29, 1.82) is 0 Å². The van der Waals surface area contributed by atoms with Gasteiger partial charge < -0.3 is 24.2 Å². The first kappa shape index (κ1) is 28.8. The van der Waals surface area contributed by atoms with Crippen LogP contribution in [0.4, 0.5) is 5.69 Å². The van der Waals surface area contributed by atoms with Gasteiger partial charge in [0.05, 0.1) is 5.92 Å². The standard InChI is InChI=1S/C14H21N3O2.C8H10ClN.C3H8O/c1-10(2)3-6-13-15-16-14(11(9-19)7-8-18)17(13)12-4-5-12;1-6-7(9)4-3-5-8(6)10-2;1-3-4-2/h8-12H,3-7H2,1-2H3;3-5,10H,1-2H3;3H2,1-2H3. The number of ether oxygens (including phenoxy) is 1. The first-order valence-electron chi connectivity index (χ1n) is 11.6. The number of aldehydes is 2. The van der Waals surface area contributed by atoms with Gasteiger partial charge in [-0.15, -0.1) is 10.2 Å². The normalized spacial score (nSPS) is 13.3. The molecule has 1 fully saturated rings. The van der Waals surface area contributed by atoms with Crippen LogP contribution < -0.4 is 5.32 Å². The van der Waals surface area contributed by atoms with Crippen LogP contribution in [0.5, 0.6) is 0 Å². The summed E-state index contributed by atoms with van der Waals surface area (Å²) in [5.41, 5.74) is 2.19. The number of benzene rings is 1. The van der Waals surface area contributed by atoms with Crippen LogP contribution in [0, 0.1) is 12.8 Å². The van der Waals surface area contributed by atoms with Crippen molar-refractivity contribution in [2.75, 3.05) is 26.1 Å². The highest BCUT2D eigenvalue weighted by atomic mass is 35.5. The maximum absolute atomic E-state index is 11.1. The minimum atomic E-state index is -0.446. The number of aryl methyl sites for hydroxylation is 1. The third kappa shape index (κ3) is 9.64. The minimum absolute atomic E-state index is 0.193. The van der Waals surface area contributed by atoms with E-state index in [2.05, 4.69) is 38.7 Å². The summed E-state index contributed by atoms with van der Waals surface area (Å²) < 4.78 is 6.64. The first-order chi connectivity index (χ1) is 15.8. The Morgan fingerprint density at radius 3 is 2.39 bits per heavy atom. The molecule has 0 bridgehead atoms. The second-order valence-electron chi connectivity index (χ2n) is 8.39. The second kappa shape index (κ2) is 15.6. The molecule has 8 heteroatoms. The molecule has 0 amide bonds. The van der Waals surface area contributed by atoms with Crippen molar-refractivity contribution in [2.24, 2.45) is 5.92 Å². The third-order valence-corrected chi connectivity index (χ3v) is 5.73. The van der Waals surface area contributed by atoms with Crippen LogP contribution in [0.2, 0.25) is 5.02 Å². The highest BCUT2D eigenvalue weighted by molar-refractivity contribution is 6.31. The van der Waals surface area contributed by atoms with Gasteiger partial charge in [-0.05, 0) is 56.7 Å². The molecule has 1 heterocycles. The largest absolute Gasteiger partial charge is 0.388 e. The molecular weight excluding hydrogens is 440 g/mol. The number of methoxy groups -OCH3 is 1. The average molecular weight is 479 g/mol. The Bertz CT molecular complexity index is 848. The minimum Gasteiger partial charge on any atom is -0.388 e. The van der Waals surface area contributed by atoms with E-state index in [4.69, 9.17) is 11.6 Å². The van der Waals surface area contributed by atoms with E-state index in [1.165, 1.54) is 0 Å². The van der Waals surface area contributed by atoms with Crippen LogP contribution in [0.15, 0.2) is 18.2 Å². The van der Waals surface area contributed by atoms with Gasteiger partial charge in [0.15, 0.2) is 0 Å². The Balaban J connectivity index is 0.000000325. The number of nitrogens with zero attached hydrogens (tertiary/aromatic N) is 3. The quantitative estimate of drug-likeness (QED) is 0.459. The number of rotatable bonds is 10. The van der Waals surface area contributed by atoms with Crippen LogP contribution in [0.1, 0.15) is 75.6 Å². The molecular formula is C25H39ClN4O3. The Hall–Kier alpha value is -2.25. The van der Waals surface area contributed by atoms with Gasteiger partial charge in [-0.2, -0.15) is 0 Å². The molecule has 1 aliphatic carbocycles. The van der Waals surface area contributed by atoms with Gasteiger partial charge in [0.2, 0.25) is 0 Å². The van der Waals surface area contributed by atoms with Gasteiger partial charge in [0, 0.05) is 50.4 Å². The SMILES string of the molecule is CC(C)CCc1nnc(C(C=O)CC=O)n1C1CC1.CCOC.CNc1cccc(Cl)c1C. The molecule has 1 aromatic carbocycles. The number of aromatic nitrogens is 3. The van der Waals surface area contributed by atoms with Crippen LogP contribution in [0.3, 0.4) is 0 Å². The second-order valence-corrected chi connectivity index (χ2v) is 8.80. The summed E-state index contributed by atoms with van der Waals surface area (Å²) in [6, 6.07) is 6.25. The lowest BCUT2D eigenvalue weighted by Gasteiger charge is -2.12. The smallest absolute Gasteiger partial charge is 0.144 e. The fourth-order valence-electron chi connectivity index (χ4n) is 3.11. The van der Waals surface area contributed by atoms with Crippen molar-refractivity contribution in [1.82, 2.24) is 14.8 Å². The van der Waals surface area contributed by atoms with E-state index < -0.39 is 5.92 Å². The van der Waals surface area contributed by atoms with Crippen molar-refractivity contribution in [2.45, 2.75) is 71.8 Å². The fourth-order valence-corrected chi connectivity index (χ4v) is 3.29. The van der Waals surface area contributed by atoms with E-state index in [0.717, 1.165) is 67.0 Å². The van der Waals surface area contributed by atoms with Gasteiger partial charge >= 0.3 is 0 Å². The van der Waals surface area contributed by atoms with E-state index in [9.17, 15) is 9.59 Å². The predicted octanol–water partition coefficient (Wildman–Crippen LogP) is 5.42. The summed E-state index contributed by atoms with van der Waals surface area (Å²) >= 11 is 5.85. The van der Waals surface area contributed by atoms with E-state index >= 15 is 0 Å². The molecule has 3 rings (SSSR count). The van der Waals surface area contributed by atoms with Crippen LogP contribution in [-0.4, -0.2) is 48.1 Å². The Labute approximate surface area is 203 Å². The van der Waals surface area contributed by atoms with Crippen molar-refractivity contribution >= 4 is 29.9 Å². The molecule has 184 valence electrons. The molecule has 1 aliphatic rings. The number of carbonyl (C=O) groups excluding carboxylic acids is 2. The summed E-state index contributed by atoms with van der Waals surface area (Å²) in [5, 5.41) is 12.3. The Kier molecular flexibility index (Phi) is 13.6. The highest BCUT2D eigenvalue weighted by Crippen LogP contribution is 2.38. The van der Waals surface area contributed by atoms with Crippen LogP contribution >= 0.6 is 11.6 Å². The lowest BCUT2D eigenvalue weighted by atomic mass is 10.1. The number of carbonyl (C=O) groups is 2. The molecule has 1 saturated carbocycles. The summed E-state index contributed by atoms with van der Waals surface area (Å²) in [5.74, 6) is 1.80. The van der Waals surface area contributed by atoms with Crippen LogP contribution in [-0.2, 0) is 20.7 Å². The Morgan fingerprint density at radius 2 is 1.94 bits per heavy atom. The monoisotopic (exact) mass is 478 g/mol. The van der Waals surface area contributed by atoms with E-state index in [0.29, 0.717) is 17.8 Å². The van der Waals surface area contributed by atoms with E-state index in [-0.39, 0.29) is 6.42 Å². The topological polar surface area (TPSA) is 86.1 Å². The third-order valence-electron chi connectivity index (χ3n) is 5.32. The van der Waals surface area contributed by atoms with Gasteiger partial charge in [-0.25, -0.2) is 0 Å². The molecule has 0 radical (unpaired) electrons. The van der Waals surface area contributed by atoms with Gasteiger partial charge in [-0.1, -0.05) is 31.5 Å². The number of nitrogens with one attached hydrogen (secondary N) is 1. The van der Waals surface area contributed by atoms with Gasteiger partial charge in [0.1, 0.15) is 24.2 Å². The van der Waals surface area contributed by atoms with Crippen LogP contribution in [0.25, 0.3) is 0 Å². The number of hydrogen-bond acceptors (Lipinski definition) is 6. The fraction of sp³-hybridized carbons (Fsp3) is 0.600. The summed E-state index contributed by atoms with van der Waals surface area (Å²) in [4.78, 5) is 21.8. The lowest BCUT2D eigenvalue weighted by molar-refractivity contribution is -0.113. The number of halogens is 1. The molecule has 1 unspecified atom stereocenters. The molecule has 2 aromatic rings. The zero-order chi connectivity index (χ0) is 24.8. The summed E-state index contributed by atoms with van der Waals surface area (Å²) in [6.07, 6.45) is 5.96. The molecule has 0 spiro atoms. The van der Waals surface area contributed by atoms with Crippen molar-refractivity contribution in [3.63, 3.8) is 0 Å². The lowest BCUT2D eigenvalue weighted by Crippen LogP contribution is -2.12. The summed E-state index contributed by atoms with van der Waals surface area (Å²) in [6.45, 7) is 9.13. The molecule has 33 heavy (non-hydrogen) atoms. The number of anilines is 1. The molecule has 0 aliphatic heterocycles. The number of hydrogen-bond donors (Lipinski definition) is 1. The molecule has 1 N–H and O–H groups in total. The molecule has 1 atom stereocenters. The maximum Gasteiger partial charge on any atom is 0.144 e. The Morgan fingerprint density at radius 1 is 1.27 bits per heavy atom. The van der Waals surface area contributed by atoms with Crippen molar-refractivity contribution in [3.05, 3.63) is 40.4 Å². The first-order valence-corrected chi connectivity index (χ1v) is 12.0. The van der Waals surface area contributed by atoms with Gasteiger partial charge in [-0.3, -0.25) is 0 Å². The maximum atomic E-state index is 11.1.